The number of nitrogens with zero attached hydrogens (tertiary/aromatic N) is 1. The second-order valence-corrected chi connectivity index (χ2v) is 3.92. The molecule has 1 radical (unpaired) electrons. The van der Waals surface area contributed by atoms with E-state index < -0.39 is 0 Å². The second kappa shape index (κ2) is 4.21. The summed E-state index contributed by atoms with van der Waals surface area (Å²) in [4.78, 5) is 4.11. The zero-order chi connectivity index (χ0) is 10.8. The molecule has 2 rings (SSSR count). The van der Waals surface area contributed by atoms with Gasteiger partial charge in [0.15, 0.2) is 0 Å². The van der Waals surface area contributed by atoms with Crippen molar-refractivity contribution in [1.29, 1.82) is 0 Å². The average molecular weight is 237 g/mol. The Hall–Kier alpha value is -1.05. The largest absolute Gasteiger partial charge is 0.261 e. The summed E-state index contributed by atoms with van der Waals surface area (Å²) in [6, 6.07) is 9.30. The van der Waals surface area contributed by atoms with E-state index in [0.29, 0.717) is 10.0 Å². The first-order valence-electron chi connectivity index (χ1n) is 4.41. The lowest BCUT2D eigenvalue weighted by atomic mass is 10.1. The molecule has 0 aliphatic rings. The van der Waals surface area contributed by atoms with Gasteiger partial charge in [-0.05, 0) is 19.1 Å². The minimum Gasteiger partial charge on any atom is -0.261 e. The normalized spacial score (nSPS) is 10.3. The molecule has 75 valence electrons. The molecule has 0 N–H and O–H groups in total. The van der Waals surface area contributed by atoms with Gasteiger partial charge >= 0.3 is 0 Å². The van der Waals surface area contributed by atoms with E-state index in [4.69, 9.17) is 23.2 Å². The standard InChI is InChI=1S/C12H8Cl2N/c1-8-5-6-9(7-15-8)10-3-2-4-11(13)12(10)14/h2-7H,1H2. The van der Waals surface area contributed by atoms with Gasteiger partial charge in [0.25, 0.3) is 0 Å². The quantitative estimate of drug-likeness (QED) is 0.722. The molecule has 0 spiro atoms. The average Bonchev–Trinajstić information content (AvgIpc) is 2.24. The Kier molecular flexibility index (Phi) is 2.94. The van der Waals surface area contributed by atoms with Crippen LogP contribution in [0.2, 0.25) is 10.0 Å². The lowest BCUT2D eigenvalue weighted by Gasteiger charge is -2.05. The minimum atomic E-state index is 0.549. The molecule has 1 nitrogen and oxygen atoms in total. The number of hydrogen-bond donors (Lipinski definition) is 0. The van der Waals surface area contributed by atoms with Gasteiger partial charge in [-0.3, -0.25) is 4.98 Å². The molecule has 0 atom stereocenters. The molecule has 0 saturated carbocycles. The van der Waals surface area contributed by atoms with Gasteiger partial charge in [-0.15, -0.1) is 0 Å². The Bertz CT molecular complexity index is 477. The van der Waals surface area contributed by atoms with Crippen molar-refractivity contribution in [3.05, 3.63) is 59.2 Å². The Balaban J connectivity index is 2.54. The van der Waals surface area contributed by atoms with Crippen LogP contribution < -0.4 is 0 Å². The SMILES string of the molecule is [CH2]c1ccc(-c2cccc(Cl)c2Cl)cn1. The summed E-state index contributed by atoms with van der Waals surface area (Å²) in [5.41, 5.74) is 2.56. The van der Waals surface area contributed by atoms with E-state index in [1.807, 2.05) is 24.3 Å². The molecule has 0 aliphatic carbocycles. The van der Waals surface area contributed by atoms with Gasteiger partial charge in [0.05, 0.1) is 10.0 Å². The molecule has 3 heteroatoms. The highest BCUT2D eigenvalue weighted by atomic mass is 35.5. The summed E-state index contributed by atoms with van der Waals surface area (Å²) >= 11 is 12.0. The van der Waals surface area contributed by atoms with Crippen LogP contribution in [0.3, 0.4) is 0 Å². The summed E-state index contributed by atoms with van der Waals surface area (Å²) in [7, 11) is 0. The molecule has 0 bridgehead atoms. The molecule has 0 unspecified atom stereocenters. The van der Waals surface area contributed by atoms with Gasteiger partial charge in [0, 0.05) is 23.0 Å². The maximum atomic E-state index is 6.09. The monoisotopic (exact) mass is 236 g/mol. The molecule has 0 aliphatic heterocycles. The smallest absolute Gasteiger partial charge is 0.0671 e. The number of halogens is 2. The lowest BCUT2D eigenvalue weighted by molar-refractivity contribution is 1.27. The molecule has 1 aromatic carbocycles. The van der Waals surface area contributed by atoms with Gasteiger partial charge in [0.2, 0.25) is 0 Å². The number of pyridine rings is 1. The minimum absolute atomic E-state index is 0.549. The zero-order valence-corrected chi connectivity index (χ0v) is 9.39. The summed E-state index contributed by atoms with van der Waals surface area (Å²) in [5.74, 6) is 0. The highest BCUT2D eigenvalue weighted by Gasteiger charge is 2.06. The van der Waals surface area contributed by atoms with Gasteiger partial charge in [-0.2, -0.15) is 0 Å². The highest BCUT2D eigenvalue weighted by molar-refractivity contribution is 6.43. The third kappa shape index (κ3) is 2.14. The molecule has 15 heavy (non-hydrogen) atoms. The topological polar surface area (TPSA) is 12.9 Å². The van der Waals surface area contributed by atoms with Crippen LogP contribution in [0.5, 0.6) is 0 Å². The first kappa shape index (κ1) is 10.5. The van der Waals surface area contributed by atoms with E-state index in [2.05, 4.69) is 11.9 Å². The summed E-state index contributed by atoms with van der Waals surface area (Å²) < 4.78 is 0. The highest BCUT2D eigenvalue weighted by Crippen LogP contribution is 2.32. The van der Waals surface area contributed by atoms with E-state index in [9.17, 15) is 0 Å². The summed E-state index contributed by atoms with van der Waals surface area (Å²) in [6.45, 7) is 3.73. The van der Waals surface area contributed by atoms with Crippen molar-refractivity contribution in [2.45, 2.75) is 0 Å². The van der Waals surface area contributed by atoms with E-state index in [-0.39, 0.29) is 0 Å². The second-order valence-electron chi connectivity index (χ2n) is 3.14. The number of rotatable bonds is 1. The van der Waals surface area contributed by atoms with Crippen LogP contribution in [-0.4, -0.2) is 4.98 Å². The molecule has 0 saturated heterocycles. The predicted octanol–water partition coefficient (Wildman–Crippen LogP) is 4.24. The molecule has 1 heterocycles. The van der Waals surface area contributed by atoms with Crippen LogP contribution in [0.15, 0.2) is 36.5 Å². The maximum absolute atomic E-state index is 6.09. The van der Waals surface area contributed by atoms with Gasteiger partial charge in [0.1, 0.15) is 0 Å². The molecule has 1 aromatic heterocycles. The van der Waals surface area contributed by atoms with Crippen LogP contribution >= 0.6 is 23.2 Å². The maximum Gasteiger partial charge on any atom is 0.0671 e. The van der Waals surface area contributed by atoms with E-state index in [1.165, 1.54) is 0 Å². The van der Waals surface area contributed by atoms with Gasteiger partial charge in [-0.25, -0.2) is 0 Å². The molecule has 0 amide bonds. The third-order valence-electron chi connectivity index (χ3n) is 2.09. The summed E-state index contributed by atoms with van der Waals surface area (Å²) in [5, 5.41) is 1.10. The van der Waals surface area contributed by atoms with E-state index in [0.717, 1.165) is 16.8 Å². The number of aromatic nitrogens is 1. The van der Waals surface area contributed by atoms with Crippen molar-refractivity contribution in [2.75, 3.05) is 0 Å². The van der Waals surface area contributed by atoms with E-state index in [1.54, 1.807) is 12.3 Å². The van der Waals surface area contributed by atoms with Crippen LogP contribution in [0.1, 0.15) is 5.69 Å². The van der Waals surface area contributed by atoms with Crippen LogP contribution in [0.4, 0.5) is 0 Å². The third-order valence-corrected chi connectivity index (χ3v) is 2.91. The zero-order valence-electron chi connectivity index (χ0n) is 7.87. The molecule has 0 fully saturated rings. The Morgan fingerprint density at radius 2 is 1.87 bits per heavy atom. The van der Waals surface area contributed by atoms with E-state index >= 15 is 0 Å². The van der Waals surface area contributed by atoms with Crippen molar-refractivity contribution in [3.8, 4) is 11.1 Å². The lowest BCUT2D eigenvalue weighted by Crippen LogP contribution is -1.84. The molecular formula is C12H8Cl2N. The fourth-order valence-corrected chi connectivity index (χ4v) is 1.72. The van der Waals surface area contributed by atoms with Crippen LogP contribution in [0.25, 0.3) is 11.1 Å². The first-order chi connectivity index (χ1) is 7.18. The Morgan fingerprint density at radius 3 is 2.53 bits per heavy atom. The Labute approximate surface area is 98.7 Å². The fraction of sp³-hybridized carbons (Fsp3) is 0. The Morgan fingerprint density at radius 1 is 1.07 bits per heavy atom. The van der Waals surface area contributed by atoms with Crippen molar-refractivity contribution < 1.29 is 0 Å². The molecular weight excluding hydrogens is 229 g/mol. The molecule has 2 aromatic rings. The predicted molar refractivity (Wildman–Crippen MR) is 64.2 cm³/mol. The van der Waals surface area contributed by atoms with Gasteiger partial charge < -0.3 is 0 Å². The summed E-state index contributed by atoms with van der Waals surface area (Å²) in [6.07, 6.45) is 1.74. The van der Waals surface area contributed by atoms with Crippen molar-refractivity contribution in [3.63, 3.8) is 0 Å². The van der Waals surface area contributed by atoms with Crippen molar-refractivity contribution >= 4 is 23.2 Å². The first-order valence-corrected chi connectivity index (χ1v) is 5.16. The van der Waals surface area contributed by atoms with Gasteiger partial charge in [-0.1, -0.05) is 41.4 Å². The number of benzene rings is 1. The van der Waals surface area contributed by atoms with Crippen molar-refractivity contribution in [2.24, 2.45) is 0 Å². The van der Waals surface area contributed by atoms with Crippen LogP contribution in [0, 0.1) is 6.92 Å². The fourth-order valence-electron chi connectivity index (χ4n) is 1.31. The van der Waals surface area contributed by atoms with Crippen molar-refractivity contribution in [1.82, 2.24) is 4.98 Å². The van der Waals surface area contributed by atoms with Crippen LogP contribution in [-0.2, 0) is 0 Å². The number of hydrogen-bond acceptors (Lipinski definition) is 1.